The van der Waals surface area contributed by atoms with Crippen LogP contribution in [0.25, 0.3) is 85.9 Å². The molecule has 0 fully saturated rings. The van der Waals surface area contributed by atoms with Gasteiger partial charge in [-0.3, -0.25) is 0 Å². The molecular formula is C50H31NOS. The molecule has 3 heteroatoms. The van der Waals surface area contributed by atoms with E-state index < -0.39 is 0 Å². The van der Waals surface area contributed by atoms with E-state index in [-0.39, 0.29) is 0 Å². The summed E-state index contributed by atoms with van der Waals surface area (Å²) < 4.78 is 9.39. The van der Waals surface area contributed by atoms with Gasteiger partial charge in [0.2, 0.25) is 0 Å². The van der Waals surface area contributed by atoms with Crippen molar-refractivity contribution in [3.8, 4) is 22.3 Å². The average molecular weight is 694 g/mol. The van der Waals surface area contributed by atoms with Gasteiger partial charge in [0.1, 0.15) is 11.2 Å². The lowest BCUT2D eigenvalue weighted by molar-refractivity contribution is 0.670. The molecule has 2 nitrogen and oxygen atoms in total. The van der Waals surface area contributed by atoms with Gasteiger partial charge in [-0.1, -0.05) is 152 Å². The van der Waals surface area contributed by atoms with Crippen LogP contribution in [-0.2, 0) is 0 Å². The summed E-state index contributed by atoms with van der Waals surface area (Å²) in [4.78, 5) is 2.51. The summed E-state index contributed by atoms with van der Waals surface area (Å²) in [5, 5.41) is 9.60. The SMILES string of the molecule is c1ccc(-c2ccc(N(c3cccc4c3ccc3ccccc34)c3ccc(-c4ccccc4)c4sc5ccccc5c34)c3c2oc2ccccc23)cc1. The lowest BCUT2D eigenvalue weighted by atomic mass is 9.96. The van der Waals surface area contributed by atoms with Gasteiger partial charge in [-0.15, -0.1) is 11.3 Å². The molecule has 53 heavy (non-hydrogen) atoms. The lowest BCUT2D eigenvalue weighted by Gasteiger charge is -2.29. The molecule has 0 radical (unpaired) electrons. The van der Waals surface area contributed by atoms with Crippen LogP contribution in [0.1, 0.15) is 0 Å². The van der Waals surface area contributed by atoms with Crippen LogP contribution >= 0.6 is 11.3 Å². The first-order valence-electron chi connectivity index (χ1n) is 18.0. The van der Waals surface area contributed by atoms with Crippen LogP contribution in [0, 0.1) is 0 Å². The van der Waals surface area contributed by atoms with Crippen molar-refractivity contribution in [2.45, 2.75) is 0 Å². The molecule has 0 N–H and O–H groups in total. The van der Waals surface area contributed by atoms with Crippen LogP contribution < -0.4 is 4.90 Å². The molecule has 0 saturated heterocycles. The smallest absolute Gasteiger partial charge is 0.145 e. The second-order valence-corrected chi connectivity index (χ2v) is 14.6. The highest BCUT2D eigenvalue weighted by Gasteiger charge is 2.26. The maximum atomic E-state index is 6.84. The zero-order chi connectivity index (χ0) is 34.9. The van der Waals surface area contributed by atoms with E-state index in [1.807, 2.05) is 11.3 Å². The molecule has 0 aliphatic carbocycles. The molecule has 0 spiro atoms. The van der Waals surface area contributed by atoms with Gasteiger partial charge in [0.15, 0.2) is 0 Å². The standard InChI is InChI=1S/C50H31NOS/c1-3-14-32(15-4-1)36-28-30-43(47-40-20-9-11-24-45(40)52-49(36)47)51(42-23-13-22-38-35-19-8-7-18-34(35)26-27-39(38)42)44-31-29-37(33-16-5-2-6-17-33)50-48(44)41-21-10-12-25-46(41)53-50/h1-31H. The van der Waals surface area contributed by atoms with Gasteiger partial charge in [0, 0.05) is 36.5 Å². The molecule has 0 unspecified atom stereocenters. The van der Waals surface area contributed by atoms with Crippen molar-refractivity contribution in [2.24, 2.45) is 0 Å². The molecule has 0 bridgehead atoms. The van der Waals surface area contributed by atoms with Crippen molar-refractivity contribution in [3.05, 3.63) is 188 Å². The van der Waals surface area contributed by atoms with Crippen LogP contribution in [0.5, 0.6) is 0 Å². The molecule has 2 aromatic heterocycles. The number of benzene rings is 9. The third kappa shape index (κ3) is 4.64. The number of thiophene rings is 1. The Morgan fingerprint density at radius 2 is 1.00 bits per heavy atom. The Morgan fingerprint density at radius 1 is 0.377 bits per heavy atom. The van der Waals surface area contributed by atoms with Crippen LogP contribution in [0.3, 0.4) is 0 Å². The zero-order valence-electron chi connectivity index (χ0n) is 28.7. The summed E-state index contributed by atoms with van der Waals surface area (Å²) in [6, 6.07) is 67.9. The highest BCUT2D eigenvalue weighted by molar-refractivity contribution is 7.26. The van der Waals surface area contributed by atoms with Gasteiger partial charge >= 0.3 is 0 Å². The molecule has 0 amide bonds. The van der Waals surface area contributed by atoms with E-state index in [0.717, 1.165) is 50.1 Å². The first-order chi connectivity index (χ1) is 26.3. The predicted octanol–water partition coefficient (Wildman–Crippen LogP) is 15.1. The van der Waals surface area contributed by atoms with Crippen molar-refractivity contribution < 1.29 is 4.42 Å². The van der Waals surface area contributed by atoms with E-state index in [1.165, 1.54) is 52.8 Å². The fourth-order valence-electron chi connectivity index (χ4n) is 8.29. The molecule has 11 rings (SSSR count). The number of rotatable bonds is 5. The largest absolute Gasteiger partial charge is 0.455 e. The number of hydrogen-bond acceptors (Lipinski definition) is 3. The Labute approximate surface area is 310 Å². The van der Waals surface area contributed by atoms with E-state index in [0.29, 0.717) is 0 Å². The summed E-state index contributed by atoms with van der Waals surface area (Å²) in [6.45, 7) is 0. The first-order valence-corrected chi connectivity index (χ1v) is 18.8. The molecule has 0 atom stereocenters. The van der Waals surface area contributed by atoms with E-state index in [2.05, 4.69) is 193 Å². The van der Waals surface area contributed by atoms with Crippen LogP contribution in [0.4, 0.5) is 17.1 Å². The second-order valence-electron chi connectivity index (χ2n) is 13.6. The molecule has 9 aromatic carbocycles. The number of para-hydroxylation sites is 1. The number of fused-ring (bicyclic) bond motifs is 9. The third-order valence-electron chi connectivity index (χ3n) is 10.7. The van der Waals surface area contributed by atoms with E-state index in [4.69, 9.17) is 4.42 Å². The van der Waals surface area contributed by atoms with Gasteiger partial charge in [-0.05, 0) is 69.2 Å². The van der Waals surface area contributed by atoms with Crippen LogP contribution in [0.2, 0.25) is 0 Å². The van der Waals surface area contributed by atoms with E-state index >= 15 is 0 Å². The fourth-order valence-corrected chi connectivity index (χ4v) is 9.55. The number of furan rings is 1. The Bertz CT molecular complexity index is 3020. The number of nitrogens with zero attached hydrogens (tertiary/aromatic N) is 1. The van der Waals surface area contributed by atoms with E-state index in [1.54, 1.807) is 0 Å². The summed E-state index contributed by atoms with van der Waals surface area (Å²) in [7, 11) is 0. The Hall–Kier alpha value is -6.68. The minimum Gasteiger partial charge on any atom is -0.455 e. The maximum absolute atomic E-state index is 6.84. The van der Waals surface area contributed by atoms with Crippen LogP contribution in [-0.4, -0.2) is 0 Å². The molecular weight excluding hydrogens is 663 g/mol. The van der Waals surface area contributed by atoms with Gasteiger partial charge in [0.05, 0.1) is 22.4 Å². The second kappa shape index (κ2) is 11.9. The normalized spacial score (nSPS) is 11.8. The third-order valence-corrected chi connectivity index (χ3v) is 11.9. The lowest BCUT2D eigenvalue weighted by Crippen LogP contribution is -2.11. The Kier molecular flexibility index (Phi) is 6.76. The van der Waals surface area contributed by atoms with Crippen molar-refractivity contribution >= 4 is 92.1 Å². The quantitative estimate of drug-likeness (QED) is 0.167. The minimum absolute atomic E-state index is 0.876. The molecule has 2 heterocycles. The van der Waals surface area contributed by atoms with Gasteiger partial charge in [0.25, 0.3) is 0 Å². The van der Waals surface area contributed by atoms with E-state index in [9.17, 15) is 0 Å². The molecule has 0 aliphatic rings. The van der Waals surface area contributed by atoms with Gasteiger partial charge in [-0.2, -0.15) is 0 Å². The zero-order valence-corrected chi connectivity index (χ0v) is 29.5. The molecule has 0 saturated carbocycles. The van der Waals surface area contributed by atoms with Gasteiger partial charge < -0.3 is 9.32 Å². The monoisotopic (exact) mass is 693 g/mol. The highest BCUT2D eigenvalue weighted by atomic mass is 32.1. The Morgan fingerprint density at radius 3 is 1.81 bits per heavy atom. The van der Waals surface area contributed by atoms with Crippen molar-refractivity contribution in [2.75, 3.05) is 4.90 Å². The average Bonchev–Trinajstić information content (AvgIpc) is 3.82. The van der Waals surface area contributed by atoms with Gasteiger partial charge in [-0.25, -0.2) is 0 Å². The number of hydrogen-bond donors (Lipinski definition) is 0. The number of anilines is 3. The van der Waals surface area contributed by atoms with Crippen molar-refractivity contribution in [1.82, 2.24) is 0 Å². The Balaban J connectivity index is 1.31. The summed E-state index contributed by atoms with van der Waals surface area (Å²) in [5.74, 6) is 0. The summed E-state index contributed by atoms with van der Waals surface area (Å²) in [6.07, 6.45) is 0. The van der Waals surface area contributed by atoms with Crippen LogP contribution in [0.15, 0.2) is 192 Å². The highest BCUT2D eigenvalue weighted by Crippen LogP contribution is 2.52. The topological polar surface area (TPSA) is 16.4 Å². The summed E-state index contributed by atoms with van der Waals surface area (Å²) in [5.41, 5.74) is 9.77. The molecule has 248 valence electrons. The maximum Gasteiger partial charge on any atom is 0.145 e. The first kappa shape index (κ1) is 30.0. The summed E-state index contributed by atoms with van der Waals surface area (Å²) >= 11 is 1.87. The molecule has 0 aliphatic heterocycles. The van der Waals surface area contributed by atoms with Crippen molar-refractivity contribution in [1.29, 1.82) is 0 Å². The molecule has 11 aromatic rings. The van der Waals surface area contributed by atoms with Crippen molar-refractivity contribution in [3.63, 3.8) is 0 Å². The predicted molar refractivity (Wildman–Crippen MR) is 227 cm³/mol. The fraction of sp³-hybridized carbons (Fsp3) is 0. The minimum atomic E-state index is 0.876.